The van der Waals surface area contributed by atoms with Crippen LogP contribution in [-0.4, -0.2) is 43.4 Å². The van der Waals surface area contributed by atoms with Gasteiger partial charge in [0.15, 0.2) is 16.7 Å². The van der Waals surface area contributed by atoms with Crippen molar-refractivity contribution in [3.63, 3.8) is 0 Å². The first-order chi connectivity index (χ1) is 12.2. The van der Waals surface area contributed by atoms with Crippen LogP contribution in [0.5, 0.6) is 0 Å². The van der Waals surface area contributed by atoms with Gasteiger partial charge in [0.25, 0.3) is 5.91 Å². The summed E-state index contributed by atoms with van der Waals surface area (Å²) in [5, 5.41) is 4.30. The summed E-state index contributed by atoms with van der Waals surface area (Å²) in [5.74, 6) is 1.88. The lowest BCUT2D eigenvalue weighted by Gasteiger charge is -2.15. The SMILES string of the molecule is O=C(c1c(Cl)nc2ccccn12)N1CCC(c2nc(C3CC3)no2)C1. The van der Waals surface area contributed by atoms with Crippen LogP contribution in [0.2, 0.25) is 5.15 Å². The Balaban J connectivity index is 1.38. The van der Waals surface area contributed by atoms with E-state index in [1.54, 1.807) is 15.5 Å². The number of carbonyl (C=O) groups excluding carboxylic acids is 1. The Morgan fingerprint density at radius 2 is 2.08 bits per heavy atom. The van der Waals surface area contributed by atoms with Crippen molar-refractivity contribution in [2.45, 2.75) is 31.1 Å². The van der Waals surface area contributed by atoms with E-state index in [2.05, 4.69) is 15.1 Å². The van der Waals surface area contributed by atoms with Crippen LogP contribution in [0.15, 0.2) is 28.9 Å². The molecule has 5 rings (SSSR count). The predicted molar refractivity (Wildman–Crippen MR) is 89.7 cm³/mol. The normalized spacial score (nSPS) is 20.5. The maximum atomic E-state index is 13.0. The highest BCUT2D eigenvalue weighted by Crippen LogP contribution is 2.39. The number of likely N-dealkylation sites (tertiary alicyclic amines) is 1. The minimum Gasteiger partial charge on any atom is -0.339 e. The Morgan fingerprint density at radius 3 is 2.92 bits per heavy atom. The quantitative estimate of drug-likeness (QED) is 0.720. The van der Waals surface area contributed by atoms with Crippen LogP contribution in [0.4, 0.5) is 0 Å². The summed E-state index contributed by atoms with van der Waals surface area (Å²) < 4.78 is 7.15. The molecule has 0 aromatic carbocycles. The summed E-state index contributed by atoms with van der Waals surface area (Å²) in [7, 11) is 0. The van der Waals surface area contributed by atoms with E-state index in [4.69, 9.17) is 16.1 Å². The summed E-state index contributed by atoms with van der Waals surface area (Å²) in [6.45, 7) is 1.20. The number of amides is 1. The molecule has 1 unspecified atom stereocenters. The Kier molecular flexibility index (Phi) is 3.31. The number of hydrogen-bond donors (Lipinski definition) is 0. The molecule has 3 aromatic heterocycles. The van der Waals surface area contributed by atoms with Gasteiger partial charge in [-0.2, -0.15) is 4.98 Å². The van der Waals surface area contributed by atoms with Gasteiger partial charge < -0.3 is 9.42 Å². The molecule has 0 N–H and O–H groups in total. The second kappa shape index (κ2) is 5.56. The van der Waals surface area contributed by atoms with Crippen molar-refractivity contribution in [2.75, 3.05) is 13.1 Å². The van der Waals surface area contributed by atoms with E-state index in [0.29, 0.717) is 36.2 Å². The van der Waals surface area contributed by atoms with Crippen molar-refractivity contribution >= 4 is 23.2 Å². The number of halogens is 1. The average molecular weight is 358 g/mol. The molecule has 2 aliphatic rings. The van der Waals surface area contributed by atoms with Crippen molar-refractivity contribution in [3.05, 3.63) is 47.0 Å². The van der Waals surface area contributed by atoms with E-state index in [-0.39, 0.29) is 17.0 Å². The van der Waals surface area contributed by atoms with Crippen molar-refractivity contribution in [1.29, 1.82) is 0 Å². The highest BCUT2D eigenvalue weighted by atomic mass is 35.5. The van der Waals surface area contributed by atoms with Crippen molar-refractivity contribution in [1.82, 2.24) is 24.4 Å². The molecule has 1 aliphatic carbocycles. The number of carbonyl (C=O) groups is 1. The molecular formula is C17H16ClN5O2. The number of rotatable bonds is 3. The zero-order chi connectivity index (χ0) is 17.0. The van der Waals surface area contributed by atoms with Gasteiger partial charge in [-0.05, 0) is 31.4 Å². The monoisotopic (exact) mass is 357 g/mol. The van der Waals surface area contributed by atoms with Crippen LogP contribution >= 0.6 is 11.6 Å². The number of pyridine rings is 1. The zero-order valence-electron chi connectivity index (χ0n) is 13.4. The molecule has 3 aromatic rings. The Labute approximate surface area is 148 Å². The Hall–Kier alpha value is -2.41. The highest BCUT2D eigenvalue weighted by Gasteiger charge is 2.35. The molecule has 1 saturated carbocycles. The van der Waals surface area contributed by atoms with E-state index < -0.39 is 0 Å². The van der Waals surface area contributed by atoms with Crippen molar-refractivity contribution < 1.29 is 9.32 Å². The molecule has 0 bridgehead atoms. The van der Waals surface area contributed by atoms with Crippen molar-refractivity contribution in [3.8, 4) is 0 Å². The fourth-order valence-corrected chi connectivity index (χ4v) is 3.63. The first kappa shape index (κ1) is 14.9. The number of imidazole rings is 1. The third-order valence-corrected chi connectivity index (χ3v) is 5.18. The fraction of sp³-hybridized carbons (Fsp3) is 0.412. The summed E-state index contributed by atoms with van der Waals surface area (Å²) in [4.78, 5) is 23.5. The maximum absolute atomic E-state index is 13.0. The van der Waals surface area contributed by atoms with E-state index >= 15 is 0 Å². The maximum Gasteiger partial charge on any atom is 0.274 e. The molecule has 0 radical (unpaired) electrons. The molecule has 7 nitrogen and oxygen atoms in total. The standard InChI is InChI=1S/C17H16ClN5O2/c18-14-13(23-7-2-1-3-12(23)19-14)17(24)22-8-6-11(9-22)16-20-15(21-25-16)10-4-5-10/h1-3,7,10-11H,4-6,8-9H2. The van der Waals surface area contributed by atoms with Gasteiger partial charge in [0.2, 0.25) is 5.89 Å². The molecule has 1 saturated heterocycles. The average Bonchev–Trinajstić information content (AvgIpc) is 3.05. The largest absolute Gasteiger partial charge is 0.339 e. The molecule has 25 heavy (non-hydrogen) atoms. The van der Waals surface area contributed by atoms with Crippen molar-refractivity contribution in [2.24, 2.45) is 0 Å². The molecule has 1 amide bonds. The Bertz CT molecular complexity index is 961. The van der Waals surface area contributed by atoms with Gasteiger partial charge in [-0.25, -0.2) is 4.98 Å². The molecule has 4 heterocycles. The number of fused-ring (bicyclic) bond motifs is 1. The molecule has 1 atom stereocenters. The lowest BCUT2D eigenvalue weighted by molar-refractivity contribution is 0.0783. The first-order valence-corrected chi connectivity index (χ1v) is 8.84. The van der Waals surface area contributed by atoms with Gasteiger partial charge in [0, 0.05) is 25.2 Å². The highest BCUT2D eigenvalue weighted by molar-refractivity contribution is 6.32. The Morgan fingerprint density at radius 1 is 1.20 bits per heavy atom. The number of hydrogen-bond acceptors (Lipinski definition) is 5. The van der Waals surface area contributed by atoms with Crippen LogP contribution in [0.25, 0.3) is 5.65 Å². The van der Waals surface area contributed by atoms with E-state index in [0.717, 1.165) is 25.1 Å². The lowest BCUT2D eigenvalue weighted by Crippen LogP contribution is -2.29. The molecule has 2 fully saturated rings. The number of nitrogens with zero attached hydrogens (tertiary/aromatic N) is 5. The smallest absolute Gasteiger partial charge is 0.274 e. The van der Waals surface area contributed by atoms with Crippen LogP contribution in [-0.2, 0) is 0 Å². The summed E-state index contributed by atoms with van der Waals surface area (Å²) >= 11 is 6.22. The van der Waals surface area contributed by atoms with Crippen LogP contribution < -0.4 is 0 Å². The summed E-state index contributed by atoms with van der Waals surface area (Å²) in [6, 6.07) is 5.55. The lowest BCUT2D eigenvalue weighted by atomic mass is 10.1. The third-order valence-electron chi connectivity index (χ3n) is 4.91. The molecule has 1 aliphatic heterocycles. The van der Waals surface area contributed by atoms with E-state index in [9.17, 15) is 4.79 Å². The van der Waals surface area contributed by atoms with Gasteiger partial charge in [-0.3, -0.25) is 9.20 Å². The summed E-state index contributed by atoms with van der Waals surface area (Å²) in [6.07, 6.45) is 4.89. The van der Waals surface area contributed by atoms with Gasteiger partial charge >= 0.3 is 0 Å². The van der Waals surface area contributed by atoms with Gasteiger partial charge in [0.05, 0.1) is 5.92 Å². The topological polar surface area (TPSA) is 76.5 Å². The van der Waals surface area contributed by atoms with E-state index in [1.807, 2.05) is 18.2 Å². The first-order valence-electron chi connectivity index (χ1n) is 8.46. The van der Waals surface area contributed by atoms with Crippen LogP contribution in [0, 0.1) is 0 Å². The van der Waals surface area contributed by atoms with Crippen LogP contribution in [0.3, 0.4) is 0 Å². The minimum absolute atomic E-state index is 0.0851. The zero-order valence-corrected chi connectivity index (χ0v) is 14.2. The number of aromatic nitrogens is 4. The minimum atomic E-state index is -0.117. The molecule has 128 valence electrons. The molecular weight excluding hydrogens is 342 g/mol. The molecule has 8 heteroatoms. The second-order valence-corrected chi connectivity index (χ2v) is 7.04. The third kappa shape index (κ3) is 2.50. The van der Waals surface area contributed by atoms with Gasteiger partial charge in [-0.15, -0.1) is 0 Å². The van der Waals surface area contributed by atoms with E-state index in [1.165, 1.54) is 0 Å². The second-order valence-electron chi connectivity index (χ2n) is 6.68. The molecule has 0 spiro atoms. The van der Waals surface area contributed by atoms with Crippen LogP contribution in [0.1, 0.15) is 53.3 Å². The fourth-order valence-electron chi connectivity index (χ4n) is 3.37. The van der Waals surface area contributed by atoms with Gasteiger partial charge in [-0.1, -0.05) is 22.8 Å². The van der Waals surface area contributed by atoms with Gasteiger partial charge in [0.1, 0.15) is 5.65 Å². The summed E-state index contributed by atoms with van der Waals surface area (Å²) in [5.41, 5.74) is 1.07. The predicted octanol–water partition coefficient (Wildman–Crippen LogP) is 2.88.